The molecule has 0 unspecified atom stereocenters. The maximum Gasteiger partial charge on any atom is 0.267 e. The number of hydrogen-bond donors (Lipinski definition) is 2. The summed E-state index contributed by atoms with van der Waals surface area (Å²) >= 11 is 5.93. The van der Waals surface area contributed by atoms with E-state index < -0.39 is 5.91 Å². The van der Waals surface area contributed by atoms with Crippen LogP contribution in [0.3, 0.4) is 0 Å². The number of halogens is 1. The number of nitrogens with one attached hydrogen (secondary N) is 1. The molecule has 144 valence electrons. The molecule has 0 saturated heterocycles. The lowest BCUT2D eigenvalue weighted by Gasteiger charge is -2.17. The zero-order valence-corrected chi connectivity index (χ0v) is 16.3. The molecule has 3 N–H and O–H groups in total. The van der Waals surface area contributed by atoms with Crippen molar-refractivity contribution < 1.29 is 9.59 Å². The zero-order valence-electron chi connectivity index (χ0n) is 15.5. The molecule has 1 atom stereocenters. The largest absolute Gasteiger partial charge is 0.364 e. The molecule has 0 aliphatic carbocycles. The summed E-state index contributed by atoms with van der Waals surface area (Å²) in [4.78, 5) is 28.1. The van der Waals surface area contributed by atoms with E-state index in [0.717, 1.165) is 11.3 Å². The number of carbonyl (C=O) groups excluding carboxylic acids is 2. The van der Waals surface area contributed by atoms with Crippen LogP contribution in [0.25, 0.3) is 5.69 Å². The second-order valence-electron chi connectivity index (χ2n) is 6.30. The van der Waals surface area contributed by atoms with Gasteiger partial charge in [0.05, 0.1) is 29.2 Å². The Labute approximate surface area is 167 Å². The number of aromatic nitrogens is 3. The second kappa shape index (κ2) is 8.22. The average Bonchev–Trinajstić information content (AvgIpc) is 3.08. The lowest BCUT2D eigenvalue weighted by atomic mass is 10.0. The van der Waals surface area contributed by atoms with Gasteiger partial charge in [-0.1, -0.05) is 18.5 Å². The van der Waals surface area contributed by atoms with Gasteiger partial charge in [0.1, 0.15) is 5.69 Å². The van der Waals surface area contributed by atoms with Crippen molar-refractivity contribution in [3.63, 3.8) is 0 Å². The number of hydrogen-bond acceptors (Lipinski definition) is 4. The third kappa shape index (κ3) is 4.04. The molecular weight excluding hydrogens is 378 g/mol. The van der Waals surface area contributed by atoms with Crippen molar-refractivity contribution in [2.45, 2.75) is 26.3 Å². The third-order valence-electron chi connectivity index (χ3n) is 4.48. The van der Waals surface area contributed by atoms with Crippen LogP contribution in [0.2, 0.25) is 5.02 Å². The molecule has 2 aromatic heterocycles. The van der Waals surface area contributed by atoms with Gasteiger partial charge in [0, 0.05) is 11.2 Å². The van der Waals surface area contributed by atoms with Crippen LogP contribution in [0.1, 0.15) is 51.5 Å². The Hall–Kier alpha value is -3.19. The van der Waals surface area contributed by atoms with Crippen molar-refractivity contribution in [2.75, 3.05) is 0 Å². The van der Waals surface area contributed by atoms with E-state index in [2.05, 4.69) is 15.4 Å². The molecule has 28 heavy (non-hydrogen) atoms. The maximum absolute atomic E-state index is 12.8. The van der Waals surface area contributed by atoms with Crippen LogP contribution in [-0.2, 0) is 0 Å². The SMILES string of the molecule is CC[C@H](NC(=O)c1cnn(-c2ccc(Cl)cc2)c1C)c1ccnc(C(N)=O)c1. The van der Waals surface area contributed by atoms with Crippen molar-refractivity contribution in [1.82, 2.24) is 20.1 Å². The molecule has 0 saturated carbocycles. The molecule has 3 aromatic rings. The van der Waals surface area contributed by atoms with Gasteiger partial charge in [0.2, 0.25) is 0 Å². The van der Waals surface area contributed by atoms with Gasteiger partial charge < -0.3 is 11.1 Å². The first-order valence-electron chi connectivity index (χ1n) is 8.78. The molecule has 0 aliphatic heterocycles. The van der Waals surface area contributed by atoms with Crippen molar-refractivity contribution in [3.05, 3.63) is 76.3 Å². The molecule has 1 aromatic carbocycles. The first-order chi connectivity index (χ1) is 13.4. The predicted molar refractivity (Wildman–Crippen MR) is 107 cm³/mol. The number of nitrogens with two attached hydrogens (primary N) is 1. The number of nitrogens with zero attached hydrogens (tertiary/aromatic N) is 3. The summed E-state index contributed by atoms with van der Waals surface area (Å²) in [5, 5.41) is 7.94. The van der Waals surface area contributed by atoms with E-state index >= 15 is 0 Å². The van der Waals surface area contributed by atoms with Crippen molar-refractivity contribution >= 4 is 23.4 Å². The average molecular weight is 398 g/mol. The van der Waals surface area contributed by atoms with Gasteiger partial charge in [-0.05, 0) is 55.3 Å². The van der Waals surface area contributed by atoms with Crippen LogP contribution in [0.15, 0.2) is 48.8 Å². The molecule has 2 heterocycles. The van der Waals surface area contributed by atoms with E-state index in [4.69, 9.17) is 17.3 Å². The summed E-state index contributed by atoms with van der Waals surface area (Å²) in [6, 6.07) is 10.3. The van der Waals surface area contributed by atoms with Gasteiger partial charge in [0.25, 0.3) is 11.8 Å². The molecule has 7 nitrogen and oxygen atoms in total. The van der Waals surface area contributed by atoms with Crippen LogP contribution in [0, 0.1) is 6.92 Å². The molecule has 8 heteroatoms. The molecule has 0 bridgehead atoms. The standard InChI is InChI=1S/C20H20ClN5O2/c1-3-17(13-8-9-23-18(10-13)19(22)27)25-20(28)16-11-24-26(12(16)2)15-6-4-14(21)5-7-15/h4-11,17H,3H2,1-2H3,(H2,22,27)(H,25,28)/t17-/m0/s1. The quantitative estimate of drug-likeness (QED) is 0.666. The number of carbonyl (C=O) groups is 2. The third-order valence-corrected chi connectivity index (χ3v) is 4.73. The Kier molecular flexibility index (Phi) is 5.75. The fourth-order valence-electron chi connectivity index (χ4n) is 2.93. The van der Waals surface area contributed by atoms with E-state index in [9.17, 15) is 9.59 Å². The highest BCUT2D eigenvalue weighted by molar-refractivity contribution is 6.30. The van der Waals surface area contributed by atoms with Crippen LogP contribution < -0.4 is 11.1 Å². The number of benzene rings is 1. The van der Waals surface area contributed by atoms with Gasteiger partial charge in [-0.15, -0.1) is 0 Å². The number of rotatable bonds is 6. The van der Waals surface area contributed by atoms with E-state index in [-0.39, 0.29) is 17.6 Å². The fourth-order valence-corrected chi connectivity index (χ4v) is 3.06. The van der Waals surface area contributed by atoms with E-state index in [0.29, 0.717) is 22.7 Å². The highest BCUT2D eigenvalue weighted by Gasteiger charge is 2.20. The Bertz CT molecular complexity index is 1010. The first kappa shape index (κ1) is 19.6. The Morgan fingerprint density at radius 1 is 1.25 bits per heavy atom. The lowest BCUT2D eigenvalue weighted by Crippen LogP contribution is -2.29. The molecule has 0 aliphatic rings. The Morgan fingerprint density at radius 3 is 2.61 bits per heavy atom. The van der Waals surface area contributed by atoms with Gasteiger partial charge in [-0.25, -0.2) is 4.68 Å². The molecule has 0 fully saturated rings. The van der Waals surface area contributed by atoms with Crippen LogP contribution in [0.4, 0.5) is 0 Å². The minimum Gasteiger partial charge on any atom is -0.364 e. The number of primary amides is 1. The van der Waals surface area contributed by atoms with Crippen molar-refractivity contribution in [3.8, 4) is 5.69 Å². The second-order valence-corrected chi connectivity index (χ2v) is 6.74. The molecule has 0 spiro atoms. The lowest BCUT2D eigenvalue weighted by molar-refractivity contribution is 0.0934. The minimum absolute atomic E-state index is 0.164. The fraction of sp³-hybridized carbons (Fsp3) is 0.200. The number of pyridine rings is 1. The van der Waals surface area contributed by atoms with Crippen molar-refractivity contribution in [1.29, 1.82) is 0 Å². The Morgan fingerprint density at radius 2 is 1.96 bits per heavy atom. The van der Waals surface area contributed by atoms with Crippen LogP contribution in [-0.4, -0.2) is 26.6 Å². The van der Waals surface area contributed by atoms with Gasteiger partial charge in [-0.3, -0.25) is 14.6 Å². The van der Waals surface area contributed by atoms with Crippen molar-refractivity contribution in [2.24, 2.45) is 5.73 Å². The minimum atomic E-state index is -0.608. The molecule has 2 amide bonds. The van der Waals surface area contributed by atoms with Gasteiger partial charge in [-0.2, -0.15) is 5.10 Å². The van der Waals surface area contributed by atoms with Gasteiger partial charge in [0.15, 0.2) is 0 Å². The Balaban J connectivity index is 1.83. The monoisotopic (exact) mass is 397 g/mol. The van der Waals surface area contributed by atoms with E-state index in [1.165, 1.54) is 12.4 Å². The summed E-state index contributed by atoms with van der Waals surface area (Å²) < 4.78 is 1.68. The van der Waals surface area contributed by atoms with E-state index in [1.807, 2.05) is 26.0 Å². The van der Waals surface area contributed by atoms with Crippen LogP contribution in [0.5, 0.6) is 0 Å². The maximum atomic E-state index is 12.8. The van der Waals surface area contributed by atoms with Crippen LogP contribution >= 0.6 is 11.6 Å². The summed E-state index contributed by atoms with van der Waals surface area (Å²) in [7, 11) is 0. The molecule has 0 radical (unpaired) electrons. The highest BCUT2D eigenvalue weighted by Crippen LogP contribution is 2.20. The summed E-state index contributed by atoms with van der Waals surface area (Å²) in [6.45, 7) is 3.77. The topological polar surface area (TPSA) is 103 Å². The van der Waals surface area contributed by atoms with E-state index in [1.54, 1.807) is 28.9 Å². The normalized spacial score (nSPS) is 11.8. The molecule has 3 rings (SSSR count). The summed E-state index contributed by atoms with van der Waals surface area (Å²) in [5.74, 6) is -0.856. The summed E-state index contributed by atoms with van der Waals surface area (Å²) in [5.41, 5.74) is 8.22. The number of amides is 2. The zero-order chi connectivity index (χ0) is 20.3. The summed E-state index contributed by atoms with van der Waals surface area (Å²) in [6.07, 6.45) is 3.68. The molecular formula is C20H20ClN5O2. The smallest absolute Gasteiger partial charge is 0.267 e. The van der Waals surface area contributed by atoms with Gasteiger partial charge >= 0.3 is 0 Å². The highest BCUT2D eigenvalue weighted by atomic mass is 35.5. The predicted octanol–water partition coefficient (Wildman–Crippen LogP) is 3.21. The first-order valence-corrected chi connectivity index (χ1v) is 9.15.